The fourth-order valence-corrected chi connectivity index (χ4v) is 2.07. The van der Waals surface area contributed by atoms with Crippen molar-refractivity contribution in [1.29, 1.82) is 5.26 Å². The Balaban J connectivity index is 2.62. The van der Waals surface area contributed by atoms with Gasteiger partial charge in [0, 0.05) is 5.56 Å². The van der Waals surface area contributed by atoms with Crippen molar-refractivity contribution in [3.63, 3.8) is 0 Å². The van der Waals surface area contributed by atoms with Crippen molar-refractivity contribution in [3.8, 4) is 6.07 Å². The van der Waals surface area contributed by atoms with E-state index in [2.05, 4.69) is 0 Å². The summed E-state index contributed by atoms with van der Waals surface area (Å²) in [6, 6.07) is 4.28. The molecule has 0 unspecified atom stereocenters. The zero-order chi connectivity index (χ0) is 11.1. The molecule has 1 saturated carbocycles. The molecule has 1 aliphatic rings. The van der Waals surface area contributed by atoms with Gasteiger partial charge in [-0.2, -0.15) is 5.26 Å². The Kier molecular flexibility index (Phi) is 2.40. The fourth-order valence-electron chi connectivity index (χ4n) is 1.91. The second-order valence-corrected chi connectivity index (χ2v) is 4.17. The van der Waals surface area contributed by atoms with E-state index in [9.17, 15) is 8.78 Å². The predicted octanol–water partition coefficient (Wildman–Crippen LogP) is 3.56. The molecule has 1 fully saturated rings. The van der Waals surface area contributed by atoms with Gasteiger partial charge in [0.25, 0.3) is 0 Å². The van der Waals surface area contributed by atoms with Crippen molar-refractivity contribution >= 4 is 11.6 Å². The van der Waals surface area contributed by atoms with Crippen LogP contribution in [-0.4, -0.2) is 0 Å². The Labute approximate surface area is 91.3 Å². The van der Waals surface area contributed by atoms with Gasteiger partial charge in [0.15, 0.2) is 0 Å². The van der Waals surface area contributed by atoms with E-state index in [1.165, 1.54) is 6.07 Å². The van der Waals surface area contributed by atoms with Crippen LogP contribution in [0, 0.1) is 23.0 Å². The van der Waals surface area contributed by atoms with Gasteiger partial charge >= 0.3 is 0 Å². The largest absolute Gasteiger partial charge is 0.207 e. The lowest BCUT2D eigenvalue weighted by Crippen LogP contribution is -2.34. The first-order valence-corrected chi connectivity index (χ1v) is 5.04. The van der Waals surface area contributed by atoms with Gasteiger partial charge in [-0.25, -0.2) is 8.78 Å². The average Bonchev–Trinajstić information content (AvgIpc) is 2.16. The molecular formula is C11H8ClF2N. The van der Waals surface area contributed by atoms with Crippen LogP contribution in [0.4, 0.5) is 8.78 Å². The van der Waals surface area contributed by atoms with Gasteiger partial charge in [0.2, 0.25) is 0 Å². The summed E-state index contributed by atoms with van der Waals surface area (Å²) in [7, 11) is 0. The molecule has 0 aliphatic heterocycles. The highest BCUT2D eigenvalue weighted by molar-refractivity contribution is 6.30. The van der Waals surface area contributed by atoms with Gasteiger partial charge in [0.05, 0.1) is 16.5 Å². The topological polar surface area (TPSA) is 23.8 Å². The summed E-state index contributed by atoms with van der Waals surface area (Å²) in [5.41, 5.74) is -1.16. The fraction of sp³-hybridized carbons (Fsp3) is 0.364. The molecule has 4 heteroatoms. The minimum atomic E-state index is -1.00. The lowest BCUT2D eigenvalue weighted by atomic mass is 9.65. The predicted molar refractivity (Wildman–Crippen MR) is 52.5 cm³/mol. The van der Waals surface area contributed by atoms with E-state index in [1.807, 2.05) is 6.07 Å². The van der Waals surface area contributed by atoms with Crippen molar-refractivity contribution in [3.05, 3.63) is 34.4 Å². The molecule has 78 valence electrons. The molecule has 0 spiro atoms. The third kappa shape index (κ3) is 1.40. The first-order valence-electron chi connectivity index (χ1n) is 4.66. The van der Waals surface area contributed by atoms with Gasteiger partial charge in [-0.05, 0) is 31.4 Å². The number of hydrogen-bond acceptors (Lipinski definition) is 1. The van der Waals surface area contributed by atoms with Crippen molar-refractivity contribution in [2.75, 3.05) is 0 Å². The minimum absolute atomic E-state index is 0.132. The van der Waals surface area contributed by atoms with Crippen molar-refractivity contribution in [2.45, 2.75) is 24.7 Å². The zero-order valence-corrected chi connectivity index (χ0v) is 8.61. The maximum absolute atomic E-state index is 13.6. The lowest BCUT2D eigenvalue weighted by molar-refractivity contribution is 0.301. The number of nitrogens with zero attached hydrogens (tertiary/aromatic N) is 1. The minimum Gasteiger partial charge on any atom is -0.207 e. The monoisotopic (exact) mass is 227 g/mol. The quantitative estimate of drug-likeness (QED) is 0.673. The van der Waals surface area contributed by atoms with Gasteiger partial charge in [-0.15, -0.1) is 0 Å². The summed E-state index contributed by atoms with van der Waals surface area (Å²) in [6.45, 7) is 0. The van der Waals surface area contributed by atoms with Crippen molar-refractivity contribution in [2.24, 2.45) is 0 Å². The van der Waals surface area contributed by atoms with E-state index < -0.39 is 17.0 Å². The van der Waals surface area contributed by atoms with Crippen LogP contribution in [0.15, 0.2) is 12.1 Å². The van der Waals surface area contributed by atoms with Gasteiger partial charge in [-0.1, -0.05) is 11.6 Å². The number of hydrogen-bond donors (Lipinski definition) is 0. The van der Waals surface area contributed by atoms with Gasteiger partial charge in [-0.3, -0.25) is 0 Å². The molecule has 2 rings (SSSR count). The normalized spacial score (nSPS) is 18.0. The first-order chi connectivity index (χ1) is 7.10. The van der Waals surface area contributed by atoms with E-state index in [0.717, 1.165) is 12.5 Å². The second-order valence-electron chi connectivity index (χ2n) is 3.77. The molecule has 15 heavy (non-hydrogen) atoms. The molecule has 1 aromatic carbocycles. The summed E-state index contributed by atoms with van der Waals surface area (Å²) in [5, 5.41) is 8.87. The highest BCUT2D eigenvalue weighted by Crippen LogP contribution is 2.46. The van der Waals surface area contributed by atoms with E-state index in [0.29, 0.717) is 12.8 Å². The van der Waals surface area contributed by atoms with Crippen LogP contribution in [0.2, 0.25) is 5.02 Å². The first kappa shape index (κ1) is 10.4. The van der Waals surface area contributed by atoms with Crippen LogP contribution < -0.4 is 0 Å². The van der Waals surface area contributed by atoms with E-state index >= 15 is 0 Å². The Morgan fingerprint density at radius 1 is 1.33 bits per heavy atom. The standard InChI is InChI=1S/C11H8ClF2N/c12-7-2-3-8(13)9(10(7)14)11(6-15)4-1-5-11/h2-3H,1,4-5H2. The molecule has 0 N–H and O–H groups in total. The van der Waals surface area contributed by atoms with Crippen LogP contribution in [0.25, 0.3) is 0 Å². The molecule has 0 saturated heterocycles. The van der Waals surface area contributed by atoms with E-state index in [1.54, 1.807) is 0 Å². The SMILES string of the molecule is N#CC1(c2c(F)ccc(Cl)c2F)CCC1. The highest BCUT2D eigenvalue weighted by Gasteiger charge is 2.43. The van der Waals surface area contributed by atoms with E-state index in [-0.39, 0.29) is 10.6 Å². The number of benzene rings is 1. The number of halogens is 3. The smallest absolute Gasteiger partial charge is 0.149 e. The molecular weight excluding hydrogens is 220 g/mol. The van der Waals surface area contributed by atoms with Crippen LogP contribution in [-0.2, 0) is 5.41 Å². The number of rotatable bonds is 1. The maximum Gasteiger partial charge on any atom is 0.149 e. The molecule has 0 atom stereocenters. The van der Waals surface area contributed by atoms with Gasteiger partial charge < -0.3 is 0 Å². The van der Waals surface area contributed by atoms with Crippen LogP contribution in [0.1, 0.15) is 24.8 Å². The van der Waals surface area contributed by atoms with Crippen molar-refractivity contribution < 1.29 is 8.78 Å². The average molecular weight is 228 g/mol. The Bertz CT molecular complexity index is 447. The Morgan fingerprint density at radius 2 is 2.00 bits per heavy atom. The molecule has 0 bridgehead atoms. The molecule has 0 radical (unpaired) electrons. The highest BCUT2D eigenvalue weighted by atomic mass is 35.5. The van der Waals surface area contributed by atoms with Crippen LogP contribution in [0.5, 0.6) is 0 Å². The Morgan fingerprint density at radius 3 is 2.47 bits per heavy atom. The molecule has 0 amide bonds. The molecule has 1 aliphatic carbocycles. The summed E-state index contributed by atoms with van der Waals surface area (Å²) < 4.78 is 27.1. The third-order valence-corrected chi connectivity index (χ3v) is 3.24. The Hall–Kier alpha value is -1.14. The van der Waals surface area contributed by atoms with Crippen LogP contribution in [0.3, 0.4) is 0 Å². The molecule has 1 nitrogen and oxygen atoms in total. The lowest BCUT2D eigenvalue weighted by Gasteiger charge is -2.36. The molecule has 0 aromatic heterocycles. The number of nitriles is 1. The van der Waals surface area contributed by atoms with Crippen LogP contribution >= 0.6 is 11.6 Å². The summed E-state index contributed by atoms with van der Waals surface area (Å²) >= 11 is 5.58. The van der Waals surface area contributed by atoms with E-state index in [4.69, 9.17) is 16.9 Å². The summed E-state index contributed by atoms with van der Waals surface area (Å²) in [4.78, 5) is 0. The van der Waals surface area contributed by atoms with Gasteiger partial charge in [0.1, 0.15) is 11.6 Å². The van der Waals surface area contributed by atoms with Crippen molar-refractivity contribution in [1.82, 2.24) is 0 Å². The zero-order valence-electron chi connectivity index (χ0n) is 7.86. The maximum atomic E-state index is 13.6. The summed E-state index contributed by atoms with van der Waals surface area (Å²) in [5.74, 6) is -1.48. The molecule has 0 heterocycles. The third-order valence-electron chi connectivity index (χ3n) is 2.94. The summed E-state index contributed by atoms with van der Waals surface area (Å²) in [6.07, 6.45) is 1.81. The molecule has 1 aromatic rings. The second kappa shape index (κ2) is 3.46.